The largest absolute Gasteiger partial charge is 0.487 e. The van der Waals surface area contributed by atoms with Crippen LogP contribution >= 0.6 is 11.3 Å². The average molecular weight is 395 g/mol. The van der Waals surface area contributed by atoms with Crippen LogP contribution in [0.5, 0.6) is 5.75 Å². The topological polar surface area (TPSA) is 85.5 Å². The minimum Gasteiger partial charge on any atom is -0.487 e. The summed E-state index contributed by atoms with van der Waals surface area (Å²) in [5.41, 5.74) is 8.02. The van der Waals surface area contributed by atoms with Crippen molar-refractivity contribution in [1.82, 2.24) is 9.88 Å². The Morgan fingerprint density at radius 3 is 2.54 bits per heavy atom. The predicted molar refractivity (Wildman–Crippen MR) is 108 cm³/mol. The van der Waals surface area contributed by atoms with Crippen molar-refractivity contribution in [1.29, 1.82) is 0 Å². The van der Waals surface area contributed by atoms with Crippen LogP contribution in [0.2, 0.25) is 0 Å². The van der Waals surface area contributed by atoms with Gasteiger partial charge >= 0.3 is 0 Å². The van der Waals surface area contributed by atoms with E-state index < -0.39 is 5.91 Å². The van der Waals surface area contributed by atoms with Gasteiger partial charge in [0.15, 0.2) is 0 Å². The molecule has 0 fully saturated rings. The lowest BCUT2D eigenvalue weighted by Gasteiger charge is -2.18. The summed E-state index contributed by atoms with van der Waals surface area (Å²) in [5.74, 6) is 0.0326. The normalized spacial score (nSPS) is 10.5. The Hall–Kier alpha value is -3.19. The van der Waals surface area contributed by atoms with E-state index in [0.717, 1.165) is 16.3 Å². The molecule has 1 heterocycles. The Labute approximate surface area is 167 Å². The van der Waals surface area contributed by atoms with E-state index in [-0.39, 0.29) is 5.91 Å². The van der Waals surface area contributed by atoms with Crippen molar-refractivity contribution in [2.75, 3.05) is 7.05 Å². The summed E-state index contributed by atoms with van der Waals surface area (Å²) in [6.45, 7) is 2.73. The van der Waals surface area contributed by atoms with Gasteiger partial charge in [0.25, 0.3) is 5.91 Å². The molecule has 6 nitrogen and oxygen atoms in total. The monoisotopic (exact) mass is 395 g/mol. The molecule has 0 aliphatic carbocycles. The van der Waals surface area contributed by atoms with E-state index in [4.69, 9.17) is 10.5 Å². The first-order valence-electron chi connectivity index (χ1n) is 8.70. The van der Waals surface area contributed by atoms with E-state index in [9.17, 15) is 9.59 Å². The third-order valence-corrected chi connectivity index (χ3v) is 4.96. The zero-order valence-electron chi connectivity index (χ0n) is 15.7. The number of benzene rings is 2. The fourth-order valence-corrected chi connectivity index (χ4v) is 3.29. The van der Waals surface area contributed by atoms with Crippen LogP contribution in [0.15, 0.2) is 53.9 Å². The van der Waals surface area contributed by atoms with Gasteiger partial charge in [-0.2, -0.15) is 0 Å². The van der Waals surface area contributed by atoms with Crippen LogP contribution in [0.1, 0.15) is 37.0 Å². The van der Waals surface area contributed by atoms with Crippen molar-refractivity contribution < 1.29 is 14.3 Å². The molecule has 0 radical (unpaired) electrons. The molecule has 2 amide bonds. The van der Waals surface area contributed by atoms with E-state index >= 15 is 0 Å². The van der Waals surface area contributed by atoms with Gasteiger partial charge in [-0.1, -0.05) is 18.2 Å². The number of primary amides is 1. The number of carbonyl (C=O) groups excluding carboxylic acids is 2. The highest BCUT2D eigenvalue weighted by molar-refractivity contribution is 7.09. The van der Waals surface area contributed by atoms with Crippen molar-refractivity contribution in [2.45, 2.75) is 20.1 Å². The summed E-state index contributed by atoms with van der Waals surface area (Å²) in [4.78, 5) is 29.9. The van der Waals surface area contributed by atoms with Gasteiger partial charge < -0.3 is 15.4 Å². The fraction of sp³-hybridized carbons (Fsp3) is 0.190. The molecule has 2 N–H and O–H groups in total. The summed E-state index contributed by atoms with van der Waals surface area (Å²) < 4.78 is 5.76. The van der Waals surface area contributed by atoms with Crippen molar-refractivity contribution >= 4 is 23.2 Å². The molecule has 0 bridgehead atoms. The number of hydrogen-bond donors (Lipinski definition) is 1. The lowest BCUT2D eigenvalue weighted by molar-refractivity contribution is 0.0784. The number of amides is 2. The SMILES string of the molecule is Cc1nc(COc2cccc(C(=O)N(C)Cc3ccc(C(N)=O)cc3)c2)cs1. The number of ether oxygens (including phenoxy) is 1. The number of thiazole rings is 1. The van der Waals surface area contributed by atoms with Crippen LogP contribution in [-0.2, 0) is 13.2 Å². The third-order valence-electron chi connectivity index (χ3n) is 4.14. The molecule has 3 rings (SSSR count). The lowest BCUT2D eigenvalue weighted by atomic mass is 10.1. The molecule has 28 heavy (non-hydrogen) atoms. The van der Waals surface area contributed by atoms with Crippen molar-refractivity contribution in [2.24, 2.45) is 5.73 Å². The molecule has 7 heteroatoms. The summed E-state index contributed by atoms with van der Waals surface area (Å²) in [5, 5.41) is 2.95. The molecule has 0 atom stereocenters. The van der Waals surface area contributed by atoms with Crippen LogP contribution in [0.25, 0.3) is 0 Å². The first-order chi connectivity index (χ1) is 13.4. The Balaban J connectivity index is 1.63. The van der Waals surface area contributed by atoms with Gasteiger partial charge in [-0.05, 0) is 42.8 Å². The van der Waals surface area contributed by atoms with Crippen LogP contribution in [0.4, 0.5) is 0 Å². The molecule has 2 aromatic carbocycles. The van der Waals surface area contributed by atoms with Gasteiger partial charge in [0, 0.05) is 30.1 Å². The van der Waals surface area contributed by atoms with Gasteiger partial charge in [0.1, 0.15) is 12.4 Å². The minimum atomic E-state index is -0.472. The molecule has 0 saturated carbocycles. The van der Waals surface area contributed by atoms with E-state index in [1.165, 1.54) is 0 Å². The van der Waals surface area contributed by atoms with Crippen LogP contribution in [0, 0.1) is 6.92 Å². The quantitative estimate of drug-likeness (QED) is 0.664. The molecular weight excluding hydrogens is 374 g/mol. The van der Waals surface area contributed by atoms with E-state index in [2.05, 4.69) is 4.98 Å². The summed E-state index contributed by atoms with van der Waals surface area (Å²) in [7, 11) is 1.73. The second-order valence-electron chi connectivity index (χ2n) is 6.40. The van der Waals surface area contributed by atoms with Gasteiger partial charge in [-0.3, -0.25) is 9.59 Å². The molecular formula is C21H21N3O3S. The first-order valence-corrected chi connectivity index (χ1v) is 9.58. The molecule has 3 aromatic rings. The fourth-order valence-electron chi connectivity index (χ4n) is 2.69. The standard InChI is InChI=1S/C21H21N3O3S/c1-14-23-18(13-28-14)12-27-19-5-3-4-17(10-19)21(26)24(2)11-15-6-8-16(9-7-15)20(22)25/h3-10,13H,11-12H2,1-2H3,(H2,22,25). The number of nitrogens with zero attached hydrogens (tertiary/aromatic N) is 2. The average Bonchev–Trinajstić information content (AvgIpc) is 3.11. The van der Waals surface area contributed by atoms with Crippen LogP contribution in [0.3, 0.4) is 0 Å². The maximum absolute atomic E-state index is 12.7. The Kier molecular flexibility index (Phi) is 6.06. The van der Waals surface area contributed by atoms with Crippen LogP contribution in [-0.4, -0.2) is 28.7 Å². The summed E-state index contributed by atoms with van der Waals surface area (Å²) >= 11 is 1.58. The number of carbonyl (C=O) groups is 2. The highest BCUT2D eigenvalue weighted by Gasteiger charge is 2.13. The number of rotatable bonds is 7. The number of hydrogen-bond acceptors (Lipinski definition) is 5. The Bertz CT molecular complexity index is 983. The molecule has 144 valence electrons. The minimum absolute atomic E-state index is 0.117. The highest BCUT2D eigenvalue weighted by Crippen LogP contribution is 2.18. The molecule has 0 saturated heterocycles. The number of aromatic nitrogens is 1. The molecule has 0 aliphatic heterocycles. The molecule has 1 aromatic heterocycles. The third kappa shape index (κ3) is 4.95. The maximum atomic E-state index is 12.7. The number of aryl methyl sites for hydroxylation is 1. The van der Waals surface area contributed by atoms with Crippen molar-refractivity contribution in [3.05, 3.63) is 81.3 Å². The zero-order chi connectivity index (χ0) is 20.1. The highest BCUT2D eigenvalue weighted by atomic mass is 32.1. The van der Waals surface area contributed by atoms with Crippen LogP contribution < -0.4 is 10.5 Å². The summed E-state index contributed by atoms with van der Waals surface area (Å²) in [6.07, 6.45) is 0. The second kappa shape index (κ2) is 8.67. The Morgan fingerprint density at radius 1 is 1.14 bits per heavy atom. The summed E-state index contributed by atoms with van der Waals surface area (Å²) in [6, 6.07) is 14.0. The second-order valence-corrected chi connectivity index (χ2v) is 7.46. The van der Waals surface area contributed by atoms with E-state index in [1.54, 1.807) is 65.7 Å². The van der Waals surface area contributed by atoms with Gasteiger partial charge in [-0.15, -0.1) is 11.3 Å². The smallest absolute Gasteiger partial charge is 0.254 e. The van der Waals surface area contributed by atoms with Gasteiger partial charge in [0.05, 0.1) is 10.7 Å². The lowest BCUT2D eigenvalue weighted by Crippen LogP contribution is -2.26. The van der Waals surface area contributed by atoms with E-state index in [1.807, 2.05) is 18.4 Å². The predicted octanol–water partition coefficient (Wildman–Crippen LogP) is 3.40. The Morgan fingerprint density at radius 2 is 1.89 bits per heavy atom. The van der Waals surface area contributed by atoms with Gasteiger partial charge in [-0.25, -0.2) is 4.98 Å². The first kappa shape index (κ1) is 19.6. The maximum Gasteiger partial charge on any atom is 0.254 e. The van der Waals surface area contributed by atoms with Crippen molar-refractivity contribution in [3.63, 3.8) is 0 Å². The molecule has 0 spiro atoms. The molecule has 0 aliphatic rings. The van der Waals surface area contributed by atoms with Crippen molar-refractivity contribution in [3.8, 4) is 5.75 Å². The zero-order valence-corrected chi connectivity index (χ0v) is 16.5. The van der Waals surface area contributed by atoms with E-state index in [0.29, 0.717) is 30.0 Å². The number of nitrogens with two attached hydrogens (primary N) is 1. The molecule has 0 unspecified atom stereocenters. The van der Waals surface area contributed by atoms with Gasteiger partial charge in [0.2, 0.25) is 5.91 Å².